The van der Waals surface area contributed by atoms with Crippen LogP contribution in [0.2, 0.25) is 0 Å². The minimum Gasteiger partial charge on any atom is -0.390 e. The van der Waals surface area contributed by atoms with Gasteiger partial charge in [0.05, 0.1) is 6.10 Å². The Morgan fingerprint density at radius 2 is 0.938 bits per heavy atom. The van der Waals surface area contributed by atoms with Gasteiger partial charge in [-0.1, -0.05) is 103 Å². The van der Waals surface area contributed by atoms with Gasteiger partial charge in [0.25, 0.3) is 0 Å². The van der Waals surface area contributed by atoms with Crippen LogP contribution in [0, 0.1) is 5.41 Å². The molecule has 5 heteroatoms. The topological polar surface area (TPSA) is 80.9 Å². The Labute approximate surface area is 194 Å². The van der Waals surface area contributed by atoms with Crippen molar-refractivity contribution in [1.29, 1.82) is 0 Å². The third kappa shape index (κ3) is 6.09. The van der Waals surface area contributed by atoms with Crippen molar-refractivity contribution in [3.63, 3.8) is 0 Å². The molecule has 0 aliphatic carbocycles. The van der Waals surface area contributed by atoms with Crippen molar-refractivity contribution in [3.05, 3.63) is 108 Å². The molecule has 0 bridgehead atoms. The van der Waals surface area contributed by atoms with E-state index in [0.29, 0.717) is 19.3 Å². The first-order chi connectivity index (χ1) is 15.4. The van der Waals surface area contributed by atoms with Crippen LogP contribution in [-0.4, -0.2) is 50.2 Å². The lowest BCUT2D eigenvalue weighted by Crippen LogP contribution is -2.54. The molecule has 0 aromatic heterocycles. The minimum absolute atomic E-state index is 0.469. The van der Waals surface area contributed by atoms with E-state index in [-0.39, 0.29) is 0 Å². The van der Waals surface area contributed by atoms with Crippen molar-refractivity contribution in [1.82, 2.24) is 0 Å². The first kappa shape index (κ1) is 24.2. The van der Waals surface area contributed by atoms with Gasteiger partial charge in [-0.2, -0.15) is 0 Å². The van der Waals surface area contributed by atoms with Gasteiger partial charge in [0.15, 0.2) is 0 Å². The molecule has 0 aliphatic rings. The molecule has 0 heterocycles. The van der Waals surface area contributed by atoms with Crippen LogP contribution in [0.1, 0.15) is 16.7 Å². The molecule has 3 rings (SSSR count). The van der Waals surface area contributed by atoms with Gasteiger partial charge in [0, 0.05) is 10.8 Å². The fraction of sp³-hybridized carbons (Fsp3) is 0.296. The van der Waals surface area contributed by atoms with Gasteiger partial charge in [-0.3, -0.25) is 0 Å². The van der Waals surface area contributed by atoms with E-state index in [2.05, 4.69) is 0 Å². The lowest BCUT2D eigenvalue weighted by atomic mass is 9.66. The third-order valence-corrected chi connectivity index (χ3v) is 6.27. The van der Waals surface area contributed by atoms with Gasteiger partial charge in [-0.05, 0) is 36.0 Å². The molecule has 0 saturated carbocycles. The van der Waals surface area contributed by atoms with Crippen LogP contribution in [0.5, 0.6) is 0 Å². The monoisotopic (exact) mass is 450 g/mol. The zero-order chi connectivity index (χ0) is 23.0. The zero-order valence-corrected chi connectivity index (χ0v) is 18.7. The van der Waals surface area contributed by atoms with Crippen LogP contribution in [-0.2, 0) is 19.3 Å². The number of aliphatic hydroxyl groups is 4. The molecule has 0 saturated heterocycles. The zero-order valence-electron chi connectivity index (χ0n) is 17.9. The summed E-state index contributed by atoms with van der Waals surface area (Å²) in [6.45, 7) is 0. The van der Waals surface area contributed by atoms with Crippen LogP contribution >= 0.6 is 12.2 Å². The highest BCUT2D eigenvalue weighted by molar-refractivity contribution is 7.79. The number of aliphatic hydroxyl groups excluding tert-OH is 4. The number of thiocarbonyl (C=S) groups is 1. The summed E-state index contributed by atoms with van der Waals surface area (Å²) in [6, 6.07) is 29.4. The van der Waals surface area contributed by atoms with Gasteiger partial charge in [-0.15, -0.1) is 0 Å². The van der Waals surface area contributed by atoms with Gasteiger partial charge < -0.3 is 20.4 Å². The largest absolute Gasteiger partial charge is 0.390 e. The average Bonchev–Trinajstić information content (AvgIpc) is 2.84. The Hall–Kier alpha value is -2.41. The quantitative estimate of drug-likeness (QED) is 0.338. The maximum atomic E-state index is 11.6. The smallest absolute Gasteiger partial charge is 0.113 e. The SMILES string of the molecule is O[C@H]([C@H](O)[C@@H](O)C(Cc1ccccc1)(Cc1ccccc1)Cc1ccccc1)[C@H](O)C=S. The normalized spacial score (nSPS) is 15.5. The van der Waals surface area contributed by atoms with Crippen LogP contribution in [0.15, 0.2) is 91.0 Å². The molecule has 3 aromatic carbocycles. The van der Waals surface area contributed by atoms with Gasteiger partial charge in [0.1, 0.15) is 18.3 Å². The highest BCUT2D eigenvalue weighted by Gasteiger charge is 2.45. The summed E-state index contributed by atoms with van der Waals surface area (Å²) in [5.41, 5.74) is 2.17. The highest BCUT2D eigenvalue weighted by atomic mass is 32.1. The van der Waals surface area contributed by atoms with Gasteiger partial charge in [0.2, 0.25) is 0 Å². The molecule has 0 fully saturated rings. The first-order valence-corrected chi connectivity index (χ1v) is 11.2. The molecule has 168 valence electrons. The predicted molar refractivity (Wildman–Crippen MR) is 131 cm³/mol. The van der Waals surface area contributed by atoms with Crippen molar-refractivity contribution < 1.29 is 20.4 Å². The second kappa shape index (κ2) is 11.5. The van der Waals surface area contributed by atoms with E-state index < -0.39 is 29.8 Å². The lowest BCUT2D eigenvalue weighted by Gasteiger charge is -2.42. The fourth-order valence-corrected chi connectivity index (χ4v) is 4.50. The average molecular weight is 451 g/mol. The molecule has 4 atom stereocenters. The molecular formula is C27H30O4S. The third-order valence-electron chi connectivity index (χ3n) is 5.99. The Morgan fingerprint density at radius 1 is 0.594 bits per heavy atom. The van der Waals surface area contributed by atoms with Gasteiger partial charge in [-0.25, -0.2) is 0 Å². The Balaban J connectivity index is 2.08. The molecule has 0 amide bonds. The fourth-order valence-electron chi connectivity index (χ4n) is 4.34. The van der Waals surface area contributed by atoms with E-state index in [1.54, 1.807) is 0 Å². The standard InChI is InChI=1S/C27H30O4S/c28-23(19-32)24(29)25(30)26(31)27(16-20-10-4-1-5-11-20,17-21-12-6-2-7-13-21)18-22-14-8-3-9-15-22/h1-15,19,23-26,28-31H,16-18H2/t23-,24+,25+,26-/m1/s1. The van der Waals surface area contributed by atoms with Gasteiger partial charge >= 0.3 is 0 Å². The number of hydrogen-bond donors (Lipinski definition) is 4. The van der Waals surface area contributed by atoms with Crippen LogP contribution in [0.4, 0.5) is 0 Å². The van der Waals surface area contributed by atoms with E-state index in [0.717, 1.165) is 22.1 Å². The summed E-state index contributed by atoms with van der Waals surface area (Å²) in [5, 5.41) is 43.9. The van der Waals surface area contributed by atoms with E-state index >= 15 is 0 Å². The molecule has 0 spiro atoms. The summed E-state index contributed by atoms with van der Waals surface area (Å²) < 4.78 is 0. The second-order valence-corrected chi connectivity index (χ2v) is 8.67. The lowest BCUT2D eigenvalue weighted by molar-refractivity contribution is -0.130. The number of rotatable bonds is 11. The van der Waals surface area contributed by atoms with E-state index in [1.807, 2.05) is 91.0 Å². The summed E-state index contributed by atoms with van der Waals surface area (Å²) in [7, 11) is 0. The molecule has 4 nitrogen and oxygen atoms in total. The Bertz CT molecular complexity index is 848. The number of benzene rings is 3. The van der Waals surface area contributed by atoms with Crippen molar-refractivity contribution in [3.8, 4) is 0 Å². The van der Waals surface area contributed by atoms with E-state index in [4.69, 9.17) is 12.2 Å². The maximum Gasteiger partial charge on any atom is 0.113 e. The van der Waals surface area contributed by atoms with E-state index in [1.165, 1.54) is 0 Å². The summed E-state index contributed by atoms with van der Waals surface area (Å²) >= 11 is 4.74. The Kier molecular flexibility index (Phi) is 8.67. The first-order valence-electron chi connectivity index (χ1n) is 10.7. The maximum absolute atomic E-state index is 11.6. The van der Waals surface area contributed by atoms with Crippen molar-refractivity contribution in [2.24, 2.45) is 5.41 Å². The van der Waals surface area contributed by atoms with Crippen LogP contribution in [0.25, 0.3) is 0 Å². The predicted octanol–water partition coefficient (Wildman–Crippen LogP) is 3.14. The molecule has 0 radical (unpaired) electrons. The highest BCUT2D eigenvalue weighted by Crippen LogP contribution is 2.38. The molecule has 32 heavy (non-hydrogen) atoms. The summed E-state index contributed by atoms with van der Waals surface area (Å²) in [4.78, 5) is 0. The molecule has 4 N–H and O–H groups in total. The summed E-state index contributed by atoms with van der Waals surface area (Å²) in [5.74, 6) is 0. The minimum atomic E-state index is -1.59. The number of hydrogen-bond acceptors (Lipinski definition) is 5. The molecular weight excluding hydrogens is 420 g/mol. The molecule has 3 aromatic rings. The van der Waals surface area contributed by atoms with Crippen molar-refractivity contribution in [2.75, 3.05) is 0 Å². The van der Waals surface area contributed by atoms with Crippen molar-refractivity contribution >= 4 is 17.6 Å². The van der Waals surface area contributed by atoms with Crippen LogP contribution < -0.4 is 0 Å². The van der Waals surface area contributed by atoms with E-state index in [9.17, 15) is 20.4 Å². The van der Waals surface area contributed by atoms with Crippen LogP contribution in [0.3, 0.4) is 0 Å². The second-order valence-electron chi connectivity index (χ2n) is 8.40. The molecule has 0 unspecified atom stereocenters. The summed E-state index contributed by atoms with van der Waals surface area (Å²) in [6.07, 6.45) is -4.52. The van der Waals surface area contributed by atoms with Crippen molar-refractivity contribution in [2.45, 2.75) is 43.7 Å². The Morgan fingerprint density at radius 3 is 1.25 bits per heavy atom. The molecule has 0 aliphatic heterocycles.